The first-order valence-electron chi connectivity index (χ1n) is 18.7. The van der Waals surface area contributed by atoms with E-state index in [1.807, 2.05) is 0 Å². The number of nitrogens with zero attached hydrogens (tertiary/aromatic N) is 3. The predicted octanol–water partition coefficient (Wildman–Crippen LogP) is 13.2. The molecule has 2 heterocycles. The van der Waals surface area contributed by atoms with Gasteiger partial charge in [-0.15, -0.1) is 0 Å². The van der Waals surface area contributed by atoms with Crippen molar-refractivity contribution < 1.29 is 0 Å². The third-order valence-corrected chi connectivity index (χ3v) is 11.6. The Bertz CT molecular complexity index is 3130. The van der Waals surface area contributed by atoms with E-state index in [-0.39, 0.29) is 5.41 Å². The van der Waals surface area contributed by atoms with Crippen molar-refractivity contribution in [3.63, 3.8) is 0 Å². The molecule has 0 unspecified atom stereocenters. The summed E-state index contributed by atoms with van der Waals surface area (Å²) in [5, 5.41) is 5.85. The first kappa shape index (κ1) is 30.8. The molecule has 0 radical (unpaired) electrons. The second kappa shape index (κ2) is 11.6. The van der Waals surface area contributed by atoms with E-state index in [4.69, 9.17) is 9.97 Å². The van der Waals surface area contributed by atoms with Crippen molar-refractivity contribution in [1.82, 2.24) is 14.5 Å². The van der Waals surface area contributed by atoms with Crippen LogP contribution in [0, 0.1) is 0 Å². The molecule has 0 spiro atoms. The SMILES string of the molecule is CC1(C)c2ccccc2-c2c(-c3cccc(-c4cccc5c6c7ccccc7ccc6n(-c6nc(-c7ccccc7)c7ccccc7n6)c45)c3)cccc21. The van der Waals surface area contributed by atoms with Crippen LogP contribution in [0.2, 0.25) is 0 Å². The van der Waals surface area contributed by atoms with E-state index in [2.05, 4.69) is 194 Å². The van der Waals surface area contributed by atoms with Gasteiger partial charge < -0.3 is 0 Å². The highest BCUT2D eigenvalue weighted by molar-refractivity contribution is 6.23. The van der Waals surface area contributed by atoms with Crippen molar-refractivity contribution in [2.75, 3.05) is 0 Å². The van der Waals surface area contributed by atoms with Gasteiger partial charge in [-0.25, -0.2) is 9.97 Å². The fourth-order valence-corrected chi connectivity index (χ4v) is 9.11. The number of fused-ring (bicyclic) bond motifs is 9. The monoisotopic (exact) mass is 689 g/mol. The Morgan fingerprint density at radius 3 is 1.98 bits per heavy atom. The van der Waals surface area contributed by atoms with Crippen LogP contribution in [0.5, 0.6) is 0 Å². The molecule has 54 heavy (non-hydrogen) atoms. The summed E-state index contributed by atoms with van der Waals surface area (Å²) in [6, 6.07) is 63.5. The molecule has 0 atom stereocenters. The molecule has 0 aliphatic heterocycles. The average molecular weight is 690 g/mol. The van der Waals surface area contributed by atoms with Crippen LogP contribution >= 0.6 is 0 Å². The maximum Gasteiger partial charge on any atom is 0.235 e. The van der Waals surface area contributed by atoms with Crippen LogP contribution < -0.4 is 0 Å². The highest BCUT2D eigenvalue weighted by Gasteiger charge is 2.36. The lowest BCUT2D eigenvalue weighted by molar-refractivity contribution is 0.660. The molecule has 8 aromatic carbocycles. The first-order chi connectivity index (χ1) is 26.6. The molecule has 0 fully saturated rings. The molecule has 0 amide bonds. The summed E-state index contributed by atoms with van der Waals surface area (Å²) >= 11 is 0. The molecule has 3 heteroatoms. The van der Waals surface area contributed by atoms with Gasteiger partial charge in [0.25, 0.3) is 0 Å². The summed E-state index contributed by atoms with van der Waals surface area (Å²) in [5.74, 6) is 0.658. The number of benzene rings is 8. The fourth-order valence-electron chi connectivity index (χ4n) is 9.11. The van der Waals surface area contributed by atoms with E-state index in [1.54, 1.807) is 0 Å². The van der Waals surface area contributed by atoms with Gasteiger partial charge >= 0.3 is 0 Å². The Balaban J connectivity index is 1.21. The topological polar surface area (TPSA) is 30.7 Å². The molecular weight excluding hydrogens is 655 g/mol. The van der Waals surface area contributed by atoms with Crippen LogP contribution in [0.15, 0.2) is 176 Å². The molecule has 0 N–H and O–H groups in total. The minimum Gasteiger partial charge on any atom is -0.277 e. The van der Waals surface area contributed by atoms with Crippen molar-refractivity contribution >= 4 is 43.5 Å². The second-order valence-electron chi connectivity index (χ2n) is 15.0. The van der Waals surface area contributed by atoms with Gasteiger partial charge in [0.1, 0.15) is 0 Å². The van der Waals surface area contributed by atoms with Crippen LogP contribution in [0.4, 0.5) is 0 Å². The van der Waals surface area contributed by atoms with Gasteiger partial charge in [0, 0.05) is 32.7 Å². The Morgan fingerprint density at radius 2 is 1.09 bits per heavy atom. The van der Waals surface area contributed by atoms with Gasteiger partial charge in [0.15, 0.2) is 0 Å². The minimum absolute atomic E-state index is 0.0622. The molecule has 2 aromatic heterocycles. The zero-order chi connectivity index (χ0) is 36.0. The molecule has 254 valence electrons. The number of hydrogen-bond donors (Lipinski definition) is 0. The van der Waals surface area contributed by atoms with E-state index in [0.29, 0.717) is 5.95 Å². The number of aromatic nitrogens is 3. The van der Waals surface area contributed by atoms with Gasteiger partial charge in [0.05, 0.1) is 22.2 Å². The number of hydrogen-bond acceptors (Lipinski definition) is 2. The maximum atomic E-state index is 5.42. The van der Waals surface area contributed by atoms with Crippen LogP contribution in [0.3, 0.4) is 0 Å². The normalized spacial score (nSPS) is 13.1. The van der Waals surface area contributed by atoms with Gasteiger partial charge in [-0.05, 0) is 67.9 Å². The average Bonchev–Trinajstić information content (AvgIpc) is 3.70. The van der Waals surface area contributed by atoms with E-state index in [0.717, 1.165) is 44.3 Å². The van der Waals surface area contributed by atoms with E-state index in [1.165, 1.54) is 54.9 Å². The quantitative estimate of drug-likeness (QED) is 0.184. The zero-order valence-electron chi connectivity index (χ0n) is 30.1. The van der Waals surface area contributed by atoms with Crippen molar-refractivity contribution in [2.24, 2.45) is 0 Å². The van der Waals surface area contributed by atoms with Gasteiger partial charge in [-0.3, -0.25) is 4.57 Å². The van der Waals surface area contributed by atoms with Gasteiger partial charge in [-0.2, -0.15) is 0 Å². The Kier molecular flexibility index (Phi) is 6.60. The summed E-state index contributed by atoms with van der Waals surface area (Å²) in [5.41, 5.74) is 15.2. The van der Waals surface area contributed by atoms with Crippen LogP contribution in [-0.4, -0.2) is 14.5 Å². The highest BCUT2D eigenvalue weighted by atomic mass is 15.2. The molecule has 0 saturated carbocycles. The van der Waals surface area contributed by atoms with E-state index < -0.39 is 0 Å². The van der Waals surface area contributed by atoms with Crippen molar-refractivity contribution in [3.05, 3.63) is 187 Å². The van der Waals surface area contributed by atoms with Gasteiger partial charge in [0.2, 0.25) is 5.95 Å². The minimum atomic E-state index is -0.0622. The standard InChI is InChI=1S/C51H35N3/c1-51(2)42-26-10-8-21-39(42)46-37(23-14-27-43(46)51)34-18-12-19-35(31-34)38-24-13-25-41-47-36-20-7-6-15-32(36)29-30-45(47)54(49(38)41)50-52-44-28-11-9-22-40(44)48(53-50)33-16-4-3-5-17-33/h3-31H,1-2H3. The molecule has 3 nitrogen and oxygen atoms in total. The summed E-state index contributed by atoms with van der Waals surface area (Å²) < 4.78 is 2.30. The van der Waals surface area contributed by atoms with E-state index >= 15 is 0 Å². The third kappa shape index (κ3) is 4.42. The smallest absolute Gasteiger partial charge is 0.235 e. The largest absolute Gasteiger partial charge is 0.277 e. The van der Waals surface area contributed by atoms with Gasteiger partial charge in [-0.1, -0.05) is 172 Å². The molecule has 1 aliphatic carbocycles. The Hall–Kier alpha value is -6.84. The van der Waals surface area contributed by atoms with Crippen LogP contribution in [-0.2, 0) is 5.41 Å². The predicted molar refractivity (Wildman–Crippen MR) is 225 cm³/mol. The molecule has 0 saturated heterocycles. The highest BCUT2D eigenvalue weighted by Crippen LogP contribution is 2.52. The van der Waals surface area contributed by atoms with Crippen molar-refractivity contribution in [3.8, 4) is 50.6 Å². The lowest BCUT2D eigenvalue weighted by atomic mass is 9.82. The van der Waals surface area contributed by atoms with Crippen molar-refractivity contribution in [2.45, 2.75) is 19.3 Å². The van der Waals surface area contributed by atoms with Crippen LogP contribution in [0.25, 0.3) is 94.1 Å². The van der Waals surface area contributed by atoms with E-state index in [9.17, 15) is 0 Å². The first-order valence-corrected chi connectivity index (χ1v) is 18.7. The molecule has 1 aliphatic rings. The fraction of sp³-hybridized carbons (Fsp3) is 0.0588. The lowest BCUT2D eigenvalue weighted by Crippen LogP contribution is -2.14. The molecule has 0 bridgehead atoms. The Labute approximate surface area is 313 Å². The Morgan fingerprint density at radius 1 is 0.463 bits per heavy atom. The summed E-state index contributed by atoms with van der Waals surface area (Å²) in [7, 11) is 0. The zero-order valence-corrected chi connectivity index (χ0v) is 30.1. The van der Waals surface area contributed by atoms with Crippen molar-refractivity contribution in [1.29, 1.82) is 0 Å². The maximum absolute atomic E-state index is 5.42. The third-order valence-electron chi connectivity index (χ3n) is 11.6. The lowest BCUT2D eigenvalue weighted by Gasteiger charge is -2.21. The summed E-state index contributed by atoms with van der Waals surface area (Å²) in [6.07, 6.45) is 0. The number of rotatable bonds is 4. The molecular formula is C51H35N3. The molecule has 10 aromatic rings. The second-order valence-corrected chi connectivity index (χ2v) is 15.0. The number of para-hydroxylation sites is 2. The van der Waals surface area contributed by atoms with Crippen LogP contribution in [0.1, 0.15) is 25.0 Å². The summed E-state index contributed by atoms with van der Waals surface area (Å²) in [4.78, 5) is 10.7. The molecule has 11 rings (SSSR count). The summed E-state index contributed by atoms with van der Waals surface area (Å²) in [6.45, 7) is 4.69.